The second-order valence-corrected chi connectivity index (χ2v) is 5.47. The van der Waals surface area contributed by atoms with Gasteiger partial charge in [-0.3, -0.25) is 0 Å². The number of aromatic amines is 1. The lowest BCUT2D eigenvalue weighted by Crippen LogP contribution is -2.27. The van der Waals surface area contributed by atoms with Gasteiger partial charge in [0.05, 0.1) is 0 Å². The highest BCUT2D eigenvalue weighted by atomic mass is 14.9. The molecule has 1 aliphatic rings. The van der Waals surface area contributed by atoms with Gasteiger partial charge in [0.2, 0.25) is 0 Å². The Morgan fingerprint density at radius 1 is 1.39 bits per heavy atom. The van der Waals surface area contributed by atoms with Crippen LogP contribution in [0.1, 0.15) is 43.7 Å². The first-order valence-electron chi connectivity index (χ1n) is 7.13. The van der Waals surface area contributed by atoms with E-state index in [-0.39, 0.29) is 0 Å². The predicted molar refractivity (Wildman–Crippen MR) is 77.1 cm³/mol. The summed E-state index contributed by atoms with van der Waals surface area (Å²) in [6.07, 6.45) is 5.93. The van der Waals surface area contributed by atoms with Gasteiger partial charge in [-0.05, 0) is 55.0 Å². The van der Waals surface area contributed by atoms with E-state index in [0.29, 0.717) is 12.0 Å². The quantitative estimate of drug-likeness (QED) is 0.846. The minimum absolute atomic E-state index is 0.591. The number of aryl methyl sites for hydroxylation is 1. The lowest BCUT2D eigenvalue weighted by Gasteiger charge is -2.19. The maximum absolute atomic E-state index is 3.62. The highest BCUT2D eigenvalue weighted by Crippen LogP contribution is 2.31. The molecule has 96 valence electrons. The van der Waals surface area contributed by atoms with Crippen molar-refractivity contribution in [3.05, 3.63) is 35.5 Å². The van der Waals surface area contributed by atoms with Crippen LogP contribution in [0.4, 0.5) is 0 Å². The predicted octanol–water partition coefficient (Wildman–Crippen LogP) is 3.59. The molecular weight excluding hydrogens is 220 g/mol. The third kappa shape index (κ3) is 1.95. The summed E-state index contributed by atoms with van der Waals surface area (Å²) in [7, 11) is 0. The largest absolute Gasteiger partial charge is 0.361 e. The molecule has 0 bridgehead atoms. The molecule has 0 amide bonds. The van der Waals surface area contributed by atoms with Crippen LogP contribution in [0.15, 0.2) is 24.4 Å². The molecular formula is C16H22N2. The lowest BCUT2D eigenvalue weighted by molar-refractivity contribution is 0.520. The number of fused-ring (bicyclic) bond motifs is 1. The monoisotopic (exact) mass is 242 g/mol. The van der Waals surface area contributed by atoms with Crippen molar-refractivity contribution < 1.29 is 0 Å². The van der Waals surface area contributed by atoms with Crippen molar-refractivity contribution in [2.45, 2.75) is 45.1 Å². The molecule has 1 fully saturated rings. The summed E-state index contributed by atoms with van der Waals surface area (Å²) >= 11 is 0. The summed E-state index contributed by atoms with van der Waals surface area (Å²) < 4.78 is 0. The molecule has 2 atom stereocenters. The minimum Gasteiger partial charge on any atom is -0.361 e. The first-order chi connectivity index (χ1) is 8.79. The zero-order chi connectivity index (χ0) is 12.5. The van der Waals surface area contributed by atoms with Crippen LogP contribution in [0.5, 0.6) is 0 Å². The Bertz CT molecular complexity index is 535. The second-order valence-electron chi connectivity index (χ2n) is 5.47. The second kappa shape index (κ2) is 4.77. The topological polar surface area (TPSA) is 27.8 Å². The molecule has 1 saturated heterocycles. The molecule has 2 aromatic rings. The lowest BCUT2D eigenvalue weighted by atomic mass is 9.91. The highest BCUT2D eigenvalue weighted by Gasteiger charge is 2.24. The third-order valence-electron chi connectivity index (χ3n) is 4.38. The fourth-order valence-corrected chi connectivity index (χ4v) is 3.14. The zero-order valence-corrected chi connectivity index (χ0v) is 11.3. The van der Waals surface area contributed by atoms with E-state index < -0.39 is 0 Å². The van der Waals surface area contributed by atoms with Crippen molar-refractivity contribution >= 4 is 10.9 Å². The standard InChI is InChI=1S/C16H22N2/c1-3-12-6-7-16-13(9-12)14(10-18-16)11(2)15-5-4-8-17-15/h6-7,9-11,15,17-18H,3-5,8H2,1-2H3. The average Bonchev–Trinajstić information content (AvgIpc) is 3.06. The minimum atomic E-state index is 0.591. The molecule has 2 N–H and O–H groups in total. The molecule has 2 unspecified atom stereocenters. The van der Waals surface area contributed by atoms with Crippen LogP contribution in [0.2, 0.25) is 0 Å². The summed E-state index contributed by atoms with van der Waals surface area (Å²) in [5, 5.41) is 5.04. The van der Waals surface area contributed by atoms with Gasteiger partial charge in [0.25, 0.3) is 0 Å². The summed E-state index contributed by atoms with van der Waals surface area (Å²) in [5.41, 5.74) is 4.17. The van der Waals surface area contributed by atoms with Crippen LogP contribution >= 0.6 is 0 Å². The number of rotatable bonds is 3. The van der Waals surface area contributed by atoms with E-state index in [1.165, 1.54) is 41.4 Å². The Kier molecular flexibility index (Phi) is 3.13. The molecule has 2 heteroatoms. The molecule has 1 aromatic heterocycles. The number of nitrogens with one attached hydrogen (secondary N) is 2. The molecule has 0 aliphatic carbocycles. The molecule has 1 aliphatic heterocycles. The Labute approximate surface area is 109 Å². The van der Waals surface area contributed by atoms with Gasteiger partial charge in [-0.15, -0.1) is 0 Å². The Morgan fingerprint density at radius 3 is 3.00 bits per heavy atom. The Morgan fingerprint density at radius 2 is 2.28 bits per heavy atom. The summed E-state index contributed by atoms with van der Waals surface area (Å²) in [4.78, 5) is 3.42. The van der Waals surface area contributed by atoms with Crippen molar-refractivity contribution in [2.24, 2.45) is 0 Å². The van der Waals surface area contributed by atoms with Gasteiger partial charge in [-0.1, -0.05) is 19.9 Å². The van der Waals surface area contributed by atoms with Gasteiger partial charge in [0.1, 0.15) is 0 Å². The SMILES string of the molecule is CCc1ccc2[nH]cc(C(C)C3CCCN3)c2c1. The smallest absolute Gasteiger partial charge is 0.0457 e. The molecule has 0 radical (unpaired) electrons. The molecule has 0 spiro atoms. The Hall–Kier alpha value is -1.28. The molecule has 18 heavy (non-hydrogen) atoms. The van der Waals surface area contributed by atoms with Crippen molar-refractivity contribution in [3.63, 3.8) is 0 Å². The molecule has 1 aromatic carbocycles. The normalized spacial score (nSPS) is 21.6. The van der Waals surface area contributed by atoms with Crippen LogP contribution in [-0.4, -0.2) is 17.6 Å². The number of aromatic nitrogens is 1. The van der Waals surface area contributed by atoms with E-state index >= 15 is 0 Å². The number of benzene rings is 1. The first-order valence-corrected chi connectivity index (χ1v) is 7.13. The summed E-state index contributed by atoms with van der Waals surface area (Å²) in [5.74, 6) is 0.591. The van der Waals surface area contributed by atoms with Crippen molar-refractivity contribution in [1.82, 2.24) is 10.3 Å². The summed E-state index contributed by atoms with van der Waals surface area (Å²) in [6, 6.07) is 7.44. The molecule has 2 nitrogen and oxygen atoms in total. The highest BCUT2D eigenvalue weighted by molar-refractivity contribution is 5.84. The van der Waals surface area contributed by atoms with Gasteiger partial charge in [0, 0.05) is 23.1 Å². The zero-order valence-electron chi connectivity index (χ0n) is 11.3. The number of hydrogen-bond donors (Lipinski definition) is 2. The van der Waals surface area contributed by atoms with Crippen LogP contribution in [-0.2, 0) is 6.42 Å². The van der Waals surface area contributed by atoms with E-state index in [0.717, 1.165) is 6.42 Å². The van der Waals surface area contributed by atoms with Crippen LogP contribution in [0, 0.1) is 0 Å². The first kappa shape index (κ1) is 11.8. The van der Waals surface area contributed by atoms with Crippen molar-refractivity contribution in [2.75, 3.05) is 6.54 Å². The van der Waals surface area contributed by atoms with Gasteiger partial charge in [0.15, 0.2) is 0 Å². The van der Waals surface area contributed by atoms with Gasteiger partial charge in [-0.25, -0.2) is 0 Å². The van der Waals surface area contributed by atoms with Gasteiger partial charge in [-0.2, -0.15) is 0 Å². The average molecular weight is 242 g/mol. The van der Waals surface area contributed by atoms with Crippen LogP contribution < -0.4 is 5.32 Å². The van der Waals surface area contributed by atoms with Crippen molar-refractivity contribution in [1.29, 1.82) is 0 Å². The number of hydrogen-bond acceptors (Lipinski definition) is 1. The van der Waals surface area contributed by atoms with Crippen LogP contribution in [0.25, 0.3) is 10.9 Å². The van der Waals surface area contributed by atoms with Crippen molar-refractivity contribution in [3.8, 4) is 0 Å². The maximum Gasteiger partial charge on any atom is 0.0457 e. The third-order valence-corrected chi connectivity index (χ3v) is 4.38. The maximum atomic E-state index is 3.62. The fraction of sp³-hybridized carbons (Fsp3) is 0.500. The van der Waals surface area contributed by atoms with Gasteiger partial charge >= 0.3 is 0 Å². The van der Waals surface area contributed by atoms with Gasteiger partial charge < -0.3 is 10.3 Å². The van der Waals surface area contributed by atoms with E-state index in [4.69, 9.17) is 0 Å². The molecule has 3 rings (SSSR count). The van der Waals surface area contributed by atoms with E-state index in [1.54, 1.807) is 0 Å². The van der Waals surface area contributed by atoms with Crippen LogP contribution in [0.3, 0.4) is 0 Å². The molecule has 2 heterocycles. The molecule has 0 saturated carbocycles. The van der Waals surface area contributed by atoms with E-state index in [1.807, 2.05) is 0 Å². The fourth-order valence-electron chi connectivity index (χ4n) is 3.14. The Balaban J connectivity index is 1.99. The number of H-pyrrole nitrogens is 1. The van der Waals surface area contributed by atoms with E-state index in [9.17, 15) is 0 Å². The summed E-state index contributed by atoms with van der Waals surface area (Å²) in [6.45, 7) is 5.75. The van der Waals surface area contributed by atoms with E-state index in [2.05, 4.69) is 48.5 Å².